The summed E-state index contributed by atoms with van der Waals surface area (Å²) in [5, 5.41) is 0.419. The lowest BCUT2D eigenvalue weighted by molar-refractivity contribution is 0.247. The van der Waals surface area contributed by atoms with Gasteiger partial charge in [-0.05, 0) is 37.3 Å². The van der Waals surface area contributed by atoms with Crippen molar-refractivity contribution in [1.29, 1.82) is 0 Å². The van der Waals surface area contributed by atoms with Crippen LogP contribution in [0.3, 0.4) is 0 Å². The molecule has 1 saturated heterocycles. The first kappa shape index (κ1) is 14.7. The Labute approximate surface area is 137 Å². The van der Waals surface area contributed by atoms with Crippen molar-refractivity contribution >= 4 is 17.4 Å². The van der Waals surface area contributed by atoms with E-state index in [0.29, 0.717) is 11.2 Å². The molecule has 1 aromatic rings. The summed E-state index contributed by atoms with van der Waals surface area (Å²) in [6.07, 6.45) is 9.30. The average molecular weight is 321 g/mol. The maximum absolute atomic E-state index is 6.22. The number of hydrogen-bond donors (Lipinski definition) is 0. The van der Waals surface area contributed by atoms with Gasteiger partial charge in [0, 0.05) is 44.2 Å². The lowest BCUT2D eigenvalue weighted by Crippen LogP contribution is -2.47. The summed E-state index contributed by atoms with van der Waals surface area (Å²) in [4.78, 5) is 14.0. The molecule has 1 aromatic heterocycles. The molecule has 5 heteroatoms. The van der Waals surface area contributed by atoms with Crippen molar-refractivity contribution in [3.05, 3.63) is 17.0 Å². The molecule has 2 saturated carbocycles. The number of aromatic nitrogens is 2. The van der Waals surface area contributed by atoms with Crippen LogP contribution < -0.4 is 4.90 Å². The lowest BCUT2D eigenvalue weighted by Gasteiger charge is -2.35. The molecular formula is C17H25ClN4. The molecule has 2 aliphatic carbocycles. The van der Waals surface area contributed by atoms with Gasteiger partial charge in [-0.15, -0.1) is 0 Å². The van der Waals surface area contributed by atoms with Crippen LogP contribution in [0.4, 0.5) is 5.82 Å². The molecule has 0 N–H and O–H groups in total. The van der Waals surface area contributed by atoms with Gasteiger partial charge >= 0.3 is 0 Å². The molecule has 120 valence electrons. The zero-order chi connectivity index (χ0) is 14.9. The predicted octanol–water partition coefficient (Wildman–Crippen LogP) is 3.46. The highest BCUT2D eigenvalue weighted by atomic mass is 35.5. The summed E-state index contributed by atoms with van der Waals surface area (Å²) in [5.74, 6) is 1.62. The summed E-state index contributed by atoms with van der Waals surface area (Å²) < 4.78 is 0. The van der Waals surface area contributed by atoms with Gasteiger partial charge in [0.05, 0.1) is 5.69 Å². The first-order valence-electron chi connectivity index (χ1n) is 8.83. The van der Waals surface area contributed by atoms with Gasteiger partial charge in [-0.1, -0.05) is 19.3 Å². The standard InChI is InChI=1S/C17H25ClN4/c18-17-19-15(13-4-2-1-3-5-13)12-16(20-17)22-10-8-21(9-11-22)14-6-7-14/h12-14H,1-11H2. The minimum atomic E-state index is 0.419. The predicted molar refractivity (Wildman–Crippen MR) is 89.7 cm³/mol. The van der Waals surface area contributed by atoms with Crippen molar-refractivity contribution in [3.8, 4) is 0 Å². The normalized spacial score (nSPS) is 24.7. The van der Waals surface area contributed by atoms with E-state index in [0.717, 1.165) is 38.0 Å². The Morgan fingerprint density at radius 2 is 1.64 bits per heavy atom. The molecule has 0 amide bonds. The summed E-state index contributed by atoms with van der Waals surface area (Å²) >= 11 is 6.22. The van der Waals surface area contributed by atoms with Gasteiger partial charge in [0.2, 0.25) is 5.28 Å². The molecule has 3 aliphatic rings. The smallest absolute Gasteiger partial charge is 0.224 e. The monoisotopic (exact) mass is 320 g/mol. The Bertz CT molecular complexity index is 517. The first-order valence-corrected chi connectivity index (χ1v) is 9.21. The maximum Gasteiger partial charge on any atom is 0.224 e. The van der Waals surface area contributed by atoms with Crippen LogP contribution in [0.5, 0.6) is 0 Å². The first-order chi connectivity index (χ1) is 10.8. The highest BCUT2D eigenvalue weighted by Crippen LogP contribution is 2.34. The number of piperazine rings is 1. The van der Waals surface area contributed by atoms with Gasteiger partial charge in [-0.3, -0.25) is 4.90 Å². The Kier molecular flexibility index (Phi) is 4.23. The van der Waals surface area contributed by atoms with E-state index in [-0.39, 0.29) is 0 Å². The van der Waals surface area contributed by atoms with Crippen LogP contribution in [-0.2, 0) is 0 Å². The van der Waals surface area contributed by atoms with Crippen LogP contribution in [0.25, 0.3) is 0 Å². The molecule has 0 radical (unpaired) electrons. The quantitative estimate of drug-likeness (QED) is 0.798. The van der Waals surface area contributed by atoms with Crippen LogP contribution in [0.1, 0.15) is 56.6 Å². The second kappa shape index (κ2) is 6.32. The molecular weight excluding hydrogens is 296 g/mol. The van der Waals surface area contributed by atoms with Gasteiger partial charge in [-0.25, -0.2) is 9.97 Å². The third-order valence-corrected chi connectivity index (χ3v) is 5.60. The van der Waals surface area contributed by atoms with E-state index in [4.69, 9.17) is 11.6 Å². The number of hydrogen-bond acceptors (Lipinski definition) is 4. The van der Waals surface area contributed by atoms with E-state index in [1.807, 2.05) is 0 Å². The van der Waals surface area contributed by atoms with Gasteiger partial charge in [0.1, 0.15) is 5.82 Å². The second-order valence-electron chi connectivity index (χ2n) is 7.01. The lowest BCUT2D eigenvalue weighted by atomic mass is 9.87. The van der Waals surface area contributed by atoms with E-state index in [2.05, 4.69) is 25.8 Å². The molecule has 0 bridgehead atoms. The second-order valence-corrected chi connectivity index (χ2v) is 7.35. The summed E-state index contributed by atoms with van der Waals surface area (Å²) in [6, 6.07) is 3.07. The van der Waals surface area contributed by atoms with Crippen LogP contribution >= 0.6 is 11.6 Å². The topological polar surface area (TPSA) is 32.3 Å². The zero-order valence-electron chi connectivity index (χ0n) is 13.2. The molecule has 22 heavy (non-hydrogen) atoms. The molecule has 2 heterocycles. The number of halogens is 1. The number of rotatable bonds is 3. The number of anilines is 1. The Hall–Kier alpha value is -0.870. The molecule has 1 aliphatic heterocycles. The molecule has 4 nitrogen and oxygen atoms in total. The van der Waals surface area contributed by atoms with Crippen LogP contribution in [-0.4, -0.2) is 47.1 Å². The molecule has 3 fully saturated rings. The van der Waals surface area contributed by atoms with Crippen molar-refractivity contribution in [3.63, 3.8) is 0 Å². The SMILES string of the molecule is Clc1nc(C2CCCCC2)cc(N2CCN(C3CC3)CC2)n1. The third-order valence-electron chi connectivity index (χ3n) is 5.43. The zero-order valence-corrected chi connectivity index (χ0v) is 13.9. The van der Waals surface area contributed by atoms with Gasteiger partial charge in [0.25, 0.3) is 0 Å². The van der Waals surface area contributed by atoms with Gasteiger partial charge in [-0.2, -0.15) is 0 Å². The average Bonchev–Trinajstić information content (AvgIpc) is 3.40. The molecule has 0 spiro atoms. The van der Waals surface area contributed by atoms with E-state index >= 15 is 0 Å². The Morgan fingerprint density at radius 3 is 2.32 bits per heavy atom. The fourth-order valence-corrected chi connectivity index (χ4v) is 4.13. The van der Waals surface area contributed by atoms with E-state index < -0.39 is 0 Å². The van der Waals surface area contributed by atoms with E-state index in [1.165, 1.54) is 50.6 Å². The highest BCUT2D eigenvalue weighted by molar-refractivity contribution is 6.28. The minimum Gasteiger partial charge on any atom is -0.354 e. The van der Waals surface area contributed by atoms with Crippen LogP contribution in [0, 0.1) is 0 Å². The van der Waals surface area contributed by atoms with Gasteiger partial charge < -0.3 is 4.90 Å². The van der Waals surface area contributed by atoms with Crippen LogP contribution in [0.15, 0.2) is 6.07 Å². The Balaban J connectivity index is 1.47. The van der Waals surface area contributed by atoms with E-state index in [1.54, 1.807) is 0 Å². The van der Waals surface area contributed by atoms with Crippen molar-refractivity contribution in [2.75, 3.05) is 31.1 Å². The summed E-state index contributed by atoms with van der Waals surface area (Å²) in [7, 11) is 0. The molecule has 4 rings (SSSR count). The molecule has 0 unspecified atom stereocenters. The minimum absolute atomic E-state index is 0.419. The van der Waals surface area contributed by atoms with Crippen molar-refractivity contribution < 1.29 is 0 Å². The summed E-state index contributed by atoms with van der Waals surface area (Å²) in [6.45, 7) is 4.44. The van der Waals surface area contributed by atoms with Gasteiger partial charge in [0.15, 0.2) is 0 Å². The fraction of sp³-hybridized carbons (Fsp3) is 0.765. The number of nitrogens with zero attached hydrogens (tertiary/aromatic N) is 4. The third kappa shape index (κ3) is 3.23. The molecule has 0 aromatic carbocycles. The van der Waals surface area contributed by atoms with Crippen LogP contribution in [0.2, 0.25) is 5.28 Å². The largest absolute Gasteiger partial charge is 0.354 e. The summed E-state index contributed by atoms with van der Waals surface area (Å²) in [5.41, 5.74) is 1.17. The maximum atomic E-state index is 6.22. The van der Waals surface area contributed by atoms with E-state index in [9.17, 15) is 0 Å². The van der Waals surface area contributed by atoms with Crippen molar-refractivity contribution in [1.82, 2.24) is 14.9 Å². The molecule has 0 atom stereocenters. The van der Waals surface area contributed by atoms with Crippen molar-refractivity contribution in [2.45, 2.75) is 56.9 Å². The van der Waals surface area contributed by atoms with Crippen molar-refractivity contribution in [2.24, 2.45) is 0 Å². The highest BCUT2D eigenvalue weighted by Gasteiger charge is 2.31. The Morgan fingerprint density at radius 1 is 0.909 bits per heavy atom. The fourth-order valence-electron chi connectivity index (χ4n) is 3.95.